The average Bonchev–Trinajstić information content (AvgIpc) is 3.20. The van der Waals surface area contributed by atoms with Crippen molar-refractivity contribution in [1.82, 2.24) is 14.9 Å². The number of thiophene rings is 1. The van der Waals surface area contributed by atoms with Crippen molar-refractivity contribution < 1.29 is 4.74 Å². The predicted molar refractivity (Wildman–Crippen MR) is 94.0 cm³/mol. The van der Waals surface area contributed by atoms with E-state index >= 15 is 0 Å². The molecule has 1 aromatic carbocycles. The normalized spacial score (nSPS) is 13.6. The summed E-state index contributed by atoms with van der Waals surface area (Å²) in [4.78, 5) is 1.06. The molecular weight excluding hydrogens is 352 g/mol. The van der Waals surface area contributed by atoms with Crippen LogP contribution in [0, 0.1) is 0 Å². The van der Waals surface area contributed by atoms with Gasteiger partial charge in [-0.05, 0) is 24.3 Å². The number of nitrogens with zero attached hydrogens (tertiary/aromatic N) is 4. The number of aromatic nitrogens is 3. The fourth-order valence-electron chi connectivity index (χ4n) is 2.32. The van der Waals surface area contributed by atoms with Gasteiger partial charge in [0.05, 0.1) is 27.6 Å². The summed E-state index contributed by atoms with van der Waals surface area (Å²) in [6, 6.07) is 11.6. The topological polar surface area (TPSA) is 52.3 Å². The third kappa shape index (κ3) is 2.65. The van der Waals surface area contributed by atoms with Gasteiger partial charge in [-0.1, -0.05) is 35.5 Å². The molecule has 2 aromatic heterocycles. The van der Waals surface area contributed by atoms with Crippen LogP contribution in [0.5, 0.6) is 5.75 Å². The van der Waals surface area contributed by atoms with E-state index in [0.29, 0.717) is 5.82 Å². The molecule has 1 aliphatic heterocycles. The van der Waals surface area contributed by atoms with Gasteiger partial charge in [-0.25, -0.2) is 0 Å². The zero-order valence-corrected chi connectivity index (χ0v) is 14.5. The number of methoxy groups -OCH3 is 1. The van der Waals surface area contributed by atoms with Crippen molar-refractivity contribution in [2.75, 3.05) is 12.9 Å². The minimum atomic E-state index is 0.671. The molecule has 3 aromatic rings. The molecule has 0 atom stereocenters. The maximum atomic E-state index is 6.03. The van der Waals surface area contributed by atoms with Gasteiger partial charge in [-0.3, -0.25) is 0 Å². The maximum absolute atomic E-state index is 6.03. The molecule has 5 nitrogen and oxygen atoms in total. The lowest BCUT2D eigenvalue weighted by atomic mass is 10.2. The third-order valence-corrected chi connectivity index (χ3v) is 5.59. The van der Waals surface area contributed by atoms with Crippen molar-refractivity contribution in [2.24, 2.45) is 5.10 Å². The highest BCUT2D eigenvalue weighted by Crippen LogP contribution is 2.34. The van der Waals surface area contributed by atoms with E-state index in [1.807, 2.05) is 36.4 Å². The van der Waals surface area contributed by atoms with Crippen LogP contribution >= 0.6 is 34.7 Å². The summed E-state index contributed by atoms with van der Waals surface area (Å²) in [5.74, 6) is 2.17. The highest BCUT2D eigenvalue weighted by Gasteiger charge is 2.22. The van der Waals surface area contributed by atoms with E-state index in [1.165, 1.54) is 11.3 Å². The number of hydrogen-bond acceptors (Lipinski definition) is 6. The molecule has 0 radical (unpaired) electrons. The molecule has 23 heavy (non-hydrogen) atoms. The lowest BCUT2D eigenvalue weighted by Gasteiger charge is -2.13. The molecule has 0 aliphatic carbocycles. The summed E-state index contributed by atoms with van der Waals surface area (Å²) in [5, 5.41) is 14.0. The van der Waals surface area contributed by atoms with E-state index in [4.69, 9.17) is 21.4 Å². The molecular formula is C15H11ClN4OS2. The van der Waals surface area contributed by atoms with Crippen LogP contribution in [-0.2, 0) is 0 Å². The molecule has 0 saturated carbocycles. The SMILES string of the molecule is COc1ccccc1-c1nnc2n1N=C(c1ccc(Cl)s1)CS2. The first-order chi connectivity index (χ1) is 11.3. The number of para-hydroxylation sites is 1. The Bertz CT molecular complexity index is 903. The Morgan fingerprint density at radius 1 is 1.17 bits per heavy atom. The molecule has 8 heteroatoms. The minimum Gasteiger partial charge on any atom is -0.496 e. The Kier molecular flexibility index (Phi) is 3.84. The largest absolute Gasteiger partial charge is 0.496 e. The van der Waals surface area contributed by atoms with E-state index in [0.717, 1.165) is 37.1 Å². The van der Waals surface area contributed by atoms with Crippen LogP contribution in [0.4, 0.5) is 0 Å². The van der Waals surface area contributed by atoms with Gasteiger partial charge in [0.2, 0.25) is 5.16 Å². The fourth-order valence-corrected chi connectivity index (χ4v) is 4.26. The monoisotopic (exact) mass is 362 g/mol. The van der Waals surface area contributed by atoms with E-state index in [-0.39, 0.29) is 0 Å². The average molecular weight is 363 g/mol. The Labute approximate surface area is 146 Å². The summed E-state index contributed by atoms with van der Waals surface area (Å²) in [7, 11) is 1.64. The number of hydrogen-bond donors (Lipinski definition) is 0. The van der Waals surface area contributed by atoms with E-state index < -0.39 is 0 Å². The maximum Gasteiger partial charge on any atom is 0.212 e. The van der Waals surface area contributed by atoms with Crippen molar-refractivity contribution in [3.05, 3.63) is 45.6 Å². The second-order valence-corrected chi connectivity index (χ2v) is 7.41. The smallest absolute Gasteiger partial charge is 0.212 e. The predicted octanol–water partition coefficient (Wildman–Crippen LogP) is 4.03. The number of thioether (sulfide) groups is 1. The second kappa shape index (κ2) is 5.99. The van der Waals surface area contributed by atoms with Gasteiger partial charge in [0.15, 0.2) is 5.82 Å². The summed E-state index contributed by atoms with van der Waals surface area (Å²) in [6.45, 7) is 0. The summed E-state index contributed by atoms with van der Waals surface area (Å²) >= 11 is 9.17. The van der Waals surface area contributed by atoms with Gasteiger partial charge in [0.25, 0.3) is 0 Å². The Balaban J connectivity index is 1.83. The van der Waals surface area contributed by atoms with Gasteiger partial charge in [0, 0.05) is 5.75 Å². The van der Waals surface area contributed by atoms with Crippen LogP contribution in [0.2, 0.25) is 4.34 Å². The van der Waals surface area contributed by atoms with Crippen LogP contribution in [0.25, 0.3) is 11.4 Å². The zero-order chi connectivity index (χ0) is 15.8. The van der Waals surface area contributed by atoms with E-state index in [2.05, 4.69) is 10.2 Å². The van der Waals surface area contributed by atoms with Crippen LogP contribution < -0.4 is 4.74 Å². The second-order valence-electron chi connectivity index (χ2n) is 4.76. The first kappa shape index (κ1) is 14.7. The molecule has 1 aliphatic rings. The molecule has 4 rings (SSSR count). The fraction of sp³-hybridized carbons (Fsp3) is 0.133. The van der Waals surface area contributed by atoms with E-state index in [1.54, 1.807) is 23.5 Å². The molecule has 3 heterocycles. The van der Waals surface area contributed by atoms with Crippen LogP contribution in [-0.4, -0.2) is 33.4 Å². The first-order valence-corrected chi connectivity index (χ1v) is 8.99. The molecule has 116 valence electrons. The summed E-state index contributed by atoms with van der Waals surface area (Å²) in [6.07, 6.45) is 0. The van der Waals surface area contributed by atoms with Crippen molar-refractivity contribution in [3.63, 3.8) is 0 Å². The summed E-state index contributed by atoms with van der Waals surface area (Å²) in [5.41, 5.74) is 1.83. The molecule has 0 bridgehead atoms. The van der Waals surface area contributed by atoms with Crippen molar-refractivity contribution in [1.29, 1.82) is 0 Å². The number of ether oxygens (including phenoxy) is 1. The van der Waals surface area contributed by atoms with Crippen LogP contribution in [0.15, 0.2) is 46.7 Å². The van der Waals surface area contributed by atoms with Crippen LogP contribution in [0.1, 0.15) is 4.88 Å². The van der Waals surface area contributed by atoms with Gasteiger partial charge in [-0.15, -0.1) is 21.5 Å². The standard InChI is InChI=1S/C15H11ClN4OS2/c1-21-11-5-3-2-4-9(11)14-17-18-15-20(14)19-10(8-22-15)12-6-7-13(16)23-12/h2-7H,8H2,1H3. The van der Waals surface area contributed by atoms with Gasteiger partial charge in [-0.2, -0.15) is 9.78 Å². The Morgan fingerprint density at radius 2 is 2.04 bits per heavy atom. The molecule has 0 N–H and O–H groups in total. The quantitative estimate of drug-likeness (QED) is 0.706. The lowest BCUT2D eigenvalue weighted by Crippen LogP contribution is -2.12. The zero-order valence-electron chi connectivity index (χ0n) is 12.1. The van der Waals surface area contributed by atoms with Crippen molar-refractivity contribution in [3.8, 4) is 17.1 Å². The van der Waals surface area contributed by atoms with E-state index in [9.17, 15) is 0 Å². The van der Waals surface area contributed by atoms with Gasteiger partial charge in [0.1, 0.15) is 5.75 Å². The number of rotatable bonds is 3. The number of benzene rings is 1. The number of fused-ring (bicyclic) bond motifs is 1. The number of halogens is 1. The molecule has 0 unspecified atom stereocenters. The molecule has 0 saturated heterocycles. The first-order valence-electron chi connectivity index (χ1n) is 6.81. The van der Waals surface area contributed by atoms with Crippen molar-refractivity contribution >= 4 is 40.4 Å². The van der Waals surface area contributed by atoms with Gasteiger partial charge >= 0.3 is 0 Å². The minimum absolute atomic E-state index is 0.671. The highest BCUT2D eigenvalue weighted by molar-refractivity contribution is 7.99. The van der Waals surface area contributed by atoms with Crippen molar-refractivity contribution in [2.45, 2.75) is 5.16 Å². The van der Waals surface area contributed by atoms with Gasteiger partial charge < -0.3 is 4.74 Å². The highest BCUT2D eigenvalue weighted by atomic mass is 35.5. The Morgan fingerprint density at radius 3 is 2.83 bits per heavy atom. The molecule has 0 spiro atoms. The summed E-state index contributed by atoms with van der Waals surface area (Å²) < 4.78 is 7.95. The van der Waals surface area contributed by atoms with Crippen LogP contribution in [0.3, 0.4) is 0 Å². The molecule has 0 fully saturated rings. The Hall–Kier alpha value is -1.83. The lowest BCUT2D eigenvalue weighted by molar-refractivity contribution is 0.416. The molecule has 0 amide bonds. The third-order valence-electron chi connectivity index (χ3n) is 3.38.